The van der Waals surface area contributed by atoms with Gasteiger partial charge in [-0.05, 0) is 36.2 Å². The van der Waals surface area contributed by atoms with Gasteiger partial charge in [-0.2, -0.15) is 4.31 Å². The van der Waals surface area contributed by atoms with Crippen molar-refractivity contribution in [2.24, 2.45) is 0 Å². The standard InChI is InChI=1S/C23H23N3O6S/c1-16-9-11-19(26(28)29)14-20(16)24-23(27)18-10-12-21(32-3)22(13-18)33(30,31)25(2)15-17-7-5-4-6-8-17/h4-14H,15H2,1-3H3,(H,24,27). The van der Waals surface area contributed by atoms with E-state index in [2.05, 4.69) is 5.32 Å². The number of aryl methyl sites for hydroxylation is 1. The number of methoxy groups -OCH3 is 1. The quantitative estimate of drug-likeness (QED) is 0.394. The number of carbonyl (C=O) groups is 1. The van der Waals surface area contributed by atoms with Crippen LogP contribution in [0.5, 0.6) is 5.75 Å². The molecule has 0 radical (unpaired) electrons. The summed E-state index contributed by atoms with van der Waals surface area (Å²) in [6, 6.07) is 17.3. The van der Waals surface area contributed by atoms with Gasteiger partial charge in [0.1, 0.15) is 10.6 Å². The van der Waals surface area contributed by atoms with Crippen molar-refractivity contribution in [2.45, 2.75) is 18.4 Å². The summed E-state index contributed by atoms with van der Waals surface area (Å²) in [6.45, 7) is 1.83. The number of benzene rings is 3. The van der Waals surface area contributed by atoms with Gasteiger partial charge >= 0.3 is 0 Å². The molecule has 10 heteroatoms. The average Bonchev–Trinajstić information content (AvgIpc) is 2.80. The number of hydrogen-bond acceptors (Lipinski definition) is 6. The maximum Gasteiger partial charge on any atom is 0.271 e. The fraction of sp³-hybridized carbons (Fsp3) is 0.174. The van der Waals surface area contributed by atoms with Crippen molar-refractivity contribution < 1.29 is 22.9 Å². The van der Waals surface area contributed by atoms with E-state index in [1.54, 1.807) is 6.92 Å². The minimum Gasteiger partial charge on any atom is -0.495 e. The van der Waals surface area contributed by atoms with E-state index in [9.17, 15) is 23.3 Å². The molecule has 3 aromatic carbocycles. The highest BCUT2D eigenvalue weighted by Gasteiger charge is 2.26. The van der Waals surface area contributed by atoms with E-state index in [1.165, 1.54) is 54.9 Å². The second-order valence-electron chi connectivity index (χ2n) is 7.32. The fourth-order valence-electron chi connectivity index (χ4n) is 3.17. The highest BCUT2D eigenvalue weighted by atomic mass is 32.2. The Morgan fingerprint density at radius 1 is 1.09 bits per heavy atom. The average molecular weight is 470 g/mol. The predicted octanol–water partition coefficient (Wildman–Crippen LogP) is 3.98. The molecule has 172 valence electrons. The smallest absolute Gasteiger partial charge is 0.271 e. The van der Waals surface area contributed by atoms with Crippen molar-refractivity contribution in [2.75, 3.05) is 19.5 Å². The lowest BCUT2D eigenvalue weighted by molar-refractivity contribution is -0.384. The van der Waals surface area contributed by atoms with E-state index < -0.39 is 20.9 Å². The minimum absolute atomic E-state index is 0.0633. The lowest BCUT2D eigenvalue weighted by Crippen LogP contribution is -2.27. The van der Waals surface area contributed by atoms with Gasteiger partial charge in [-0.25, -0.2) is 8.42 Å². The Morgan fingerprint density at radius 3 is 2.42 bits per heavy atom. The topological polar surface area (TPSA) is 119 Å². The van der Waals surface area contributed by atoms with E-state index >= 15 is 0 Å². The summed E-state index contributed by atoms with van der Waals surface area (Å²) in [7, 11) is -1.21. The molecule has 0 aliphatic rings. The third-order valence-electron chi connectivity index (χ3n) is 5.04. The molecular weight excluding hydrogens is 446 g/mol. The monoisotopic (exact) mass is 469 g/mol. The molecule has 0 unspecified atom stereocenters. The minimum atomic E-state index is -4.00. The number of non-ortho nitro benzene ring substituents is 1. The van der Waals surface area contributed by atoms with Gasteiger partial charge in [0.25, 0.3) is 11.6 Å². The highest BCUT2D eigenvalue weighted by molar-refractivity contribution is 7.89. The van der Waals surface area contributed by atoms with Crippen LogP contribution in [-0.4, -0.2) is 37.7 Å². The van der Waals surface area contributed by atoms with Gasteiger partial charge in [0.2, 0.25) is 10.0 Å². The van der Waals surface area contributed by atoms with Gasteiger partial charge in [0.15, 0.2) is 0 Å². The molecule has 0 saturated heterocycles. The molecule has 33 heavy (non-hydrogen) atoms. The number of nitro benzene ring substituents is 1. The van der Waals surface area contributed by atoms with Crippen LogP contribution in [0.1, 0.15) is 21.5 Å². The van der Waals surface area contributed by atoms with Crippen LogP contribution >= 0.6 is 0 Å². The number of rotatable bonds is 8. The van der Waals surface area contributed by atoms with Gasteiger partial charge in [0, 0.05) is 31.3 Å². The Hall–Kier alpha value is -3.76. The Balaban J connectivity index is 1.92. The molecule has 9 nitrogen and oxygen atoms in total. The Kier molecular flexibility index (Phi) is 7.10. The van der Waals surface area contributed by atoms with Crippen LogP contribution in [0.15, 0.2) is 71.6 Å². The second-order valence-corrected chi connectivity index (χ2v) is 9.34. The molecular formula is C23H23N3O6S. The third-order valence-corrected chi connectivity index (χ3v) is 6.87. The van der Waals surface area contributed by atoms with Gasteiger partial charge in [-0.1, -0.05) is 36.4 Å². The van der Waals surface area contributed by atoms with Gasteiger partial charge in [-0.3, -0.25) is 14.9 Å². The van der Waals surface area contributed by atoms with Crippen LogP contribution in [-0.2, 0) is 16.6 Å². The van der Waals surface area contributed by atoms with E-state index in [1.807, 2.05) is 30.3 Å². The fourth-order valence-corrected chi connectivity index (χ4v) is 4.50. The number of nitro groups is 1. The van der Waals surface area contributed by atoms with Crippen molar-refractivity contribution in [1.29, 1.82) is 0 Å². The van der Waals surface area contributed by atoms with Crippen molar-refractivity contribution >= 4 is 27.3 Å². The summed E-state index contributed by atoms with van der Waals surface area (Å²) in [5.74, 6) is -0.513. The summed E-state index contributed by atoms with van der Waals surface area (Å²) in [5, 5.41) is 13.7. The maximum absolute atomic E-state index is 13.3. The van der Waals surface area contributed by atoms with Gasteiger partial charge in [0.05, 0.1) is 17.7 Å². The Bertz CT molecular complexity index is 1290. The number of nitrogens with one attached hydrogen (secondary N) is 1. The zero-order chi connectivity index (χ0) is 24.2. The molecule has 1 amide bonds. The molecule has 3 rings (SSSR count). The second kappa shape index (κ2) is 9.80. The predicted molar refractivity (Wildman–Crippen MR) is 124 cm³/mol. The molecule has 0 heterocycles. The molecule has 0 aliphatic carbocycles. The summed E-state index contributed by atoms with van der Waals surface area (Å²) < 4.78 is 32.9. The van der Waals surface area contributed by atoms with Crippen molar-refractivity contribution in [1.82, 2.24) is 4.31 Å². The van der Waals surface area contributed by atoms with Crippen LogP contribution in [0.2, 0.25) is 0 Å². The zero-order valence-corrected chi connectivity index (χ0v) is 19.1. The molecule has 0 aliphatic heterocycles. The SMILES string of the molecule is COc1ccc(C(=O)Nc2cc([N+](=O)[O-])ccc2C)cc1S(=O)(=O)N(C)Cc1ccccc1. The number of sulfonamides is 1. The molecule has 0 atom stereocenters. The number of nitrogens with zero attached hydrogens (tertiary/aromatic N) is 2. The molecule has 3 aromatic rings. The van der Waals surface area contributed by atoms with Gasteiger partial charge < -0.3 is 10.1 Å². The first-order chi connectivity index (χ1) is 15.6. The van der Waals surface area contributed by atoms with Crippen LogP contribution in [0.4, 0.5) is 11.4 Å². The first kappa shape index (κ1) is 23.9. The Labute approximate surface area is 191 Å². The van der Waals surface area contributed by atoms with Crippen LogP contribution in [0.25, 0.3) is 0 Å². The van der Waals surface area contributed by atoms with Crippen molar-refractivity contribution in [3.63, 3.8) is 0 Å². The zero-order valence-electron chi connectivity index (χ0n) is 18.3. The summed E-state index contributed by atoms with van der Waals surface area (Å²) in [5.41, 5.74) is 1.58. The largest absolute Gasteiger partial charge is 0.495 e. The number of amides is 1. The lowest BCUT2D eigenvalue weighted by atomic mass is 10.1. The lowest BCUT2D eigenvalue weighted by Gasteiger charge is -2.19. The van der Waals surface area contributed by atoms with Crippen LogP contribution < -0.4 is 10.1 Å². The molecule has 0 aromatic heterocycles. The van der Waals surface area contributed by atoms with Crippen LogP contribution in [0, 0.1) is 17.0 Å². The molecule has 1 N–H and O–H groups in total. The Morgan fingerprint density at radius 2 is 1.79 bits per heavy atom. The third kappa shape index (κ3) is 5.36. The van der Waals surface area contributed by atoms with E-state index in [0.717, 1.165) is 5.56 Å². The van der Waals surface area contributed by atoms with Crippen molar-refractivity contribution in [3.8, 4) is 5.75 Å². The van der Waals surface area contributed by atoms with E-state index in [0.29, 0.717) is 5.56 Å². The molecule has 0 saturated carbocycles. The molecule has 0 fully saturated rings. The number of carbonyl (C=O) groups excluding carboxylic acids is 1. The first-order valence-electron chi connectivity index (χ1n) is 9.88. The summed E-state index contributed by atoms with van der Waals surface area (Å²) in [4.78, 5) is 23.2. The normalized spacial score (nSPS) is 11.3. The van der Waals surface area contributed by atoms with E-state index in [4.69, 9.17) is 4.74 Å². The number of hydrogen-bond donors (Lipinski definition) is 1. The maximum atomic E-state index is 13.3. The van der Waals surface area contributed by atoms with Crippen molar-refractivity contribution in [3.05, 3.63) is 93.5 Å². The number of ether oxygens (including phenoxy) is 1. The molecule has 0 bridgehead atoms. The highest BCUT2D eigenvalue weighted by Crippen LogP contribution is 2.29. The first-order valence-corrected chi connectivity index (χ1v) is 11.3. The van der Waals surface area contributed by atoms with E-state index in [-0.39, 0.29) is 34.1 Å². The van der Waals surface area contributed by atoms with Gasteiger partial charge in [-0.15, -0.1) is 0 Å². The summed E-state index contributed by atoms with van der Waals surface area (Å²) in [6.07, 6.45) is 0. The van der Waals surface area contributed by atoms with Crippen LogP contribution in [0.3, 0.4) is 0 Å². The summed E-state index contributed by atoms with van der Waals surface area (Å²) >= 11 is 0. The molecule has 0 spiro atoms. The number of anilines is 1.